The van der Waals surface area contributed by atoms with Crippen molar-refractivity contribution in [1.29, 1.82) is 0 Å². The summed E-state index contributed by atoms with van der Waals surface area (Å²) >= 11 is 0. The number of aromatic nitrogens is 1. The number of nitrogens with zero attached hydrogens (tertiary/aromatic N) is 3. The lowest BCUT2D eigenvalue weighted by Crippen LogP contribution is -2.12. The highest BCUT2D eigenvalue weighted by atomic mass is 16.5. The van der Waals surface area contributed by atoms with E-state index in [1.54, 1.807) is 12.4 Å². The fourth-order valence-corrected chi connectivity index (χ4v) is 2.00. The van der Waals surface area contributed by atoms with Crippen LogP contribution in [0.3, 0.4) is 0 Å². The summed E-state index contributed by atoms with van der Waals surface area (Å²) < 4.78 is 5.90. The Morgan fingerprint density at radius 3 is 2.87 bits per heavy atom. The second-order valence-electron chi connectivity index (χ2n) is 5.28. The zero-order chi connectivity index (χ0) is 16.5. The first-order valence-electron chi connectivity index (χ1n) is 7.82. The average Bonchev–Trinajstić information content (AvgIpc) is 2.60. The Kier molecular flexibility index (Phi) is 6.36. The SMILES string of the molecule is C=C(Oc1ccccc1C=NN(C)CCCC)c1cccnc1. The topological polar surface area (TPSA) is 37.7 Å². The number of ether oxygens (including phenoxy) is 1. The summed E-state index contributed by atoms with van der Waals surface area (Å²) in [6, 6.07) is 11.6. The van der Waals surface area contributed by atoms with Crippen molar-refractivity contribution in [2.45, 2.75) is 19.8 Å². The quantitative estimate of drug-likeness (QED) is 0.417. The van der Waals surface area contributed by atoms with Crippen molar-refractivity contribution in [3.8, 4) is 5.75 Å². The van der Waals surface area contributed by atoms with E-state index < -0.39 is 0 Å². The summed E-state index contributed by atoms with van der Waals surface area (Å²) in [6.07, 6.45) is 7.57. The van der Waals surface area contributed by atoms with Crippen molar-refractivity contribution in [2.24, 2.45) is 5.10 Å². The Bertz CT molecular complexity index is 653. The van der Waals surface area contributed by atoms with Crippen molar-refractivity contribution < 1.29 is 4.74 Å². The van der Waals surface area contributed by atoms with Crippen LogP contribution >= 0.6 is 0 Å². The largest absolute Gasteiger partial charge is 0.457 e. The predicted molar refractivity (Wildman–Crippen MR) is 95.5 cm³/mol. The predicted octanol–water partition coefficient (Wildman–Crippen LogP) is 4.20. The van der Waals surface area contributed by atoms with E-state index in [1.807, 2.05) is 54.7 Å². The summed E-state index contributed by atoms with van der Waals surface area (Å²) in [5, 5.41) is 6.40. The molecule has 120 valence electrons. The van der Waals surface area contributed by atoms with E-state index >= 15 is 0 Å². The highest BCUT2D eigenvalue weighted by Gasteiger charge is 2.05. The molecule has 1 heterocycles. The van der Waals surface area contributed by atoms with E-state index in [2.05, 4.69) is 23.6 Å². The number of hydrogen-bond donors (Lipinski definition) is 0. The van der Waals surface area contributed by atoms with Gasteiger partial charge in [-0.05, 0) is 30.7 Å². The number of benzene rings is 1. The first-order chi connectivity index (χ1) is 11.2. The Labute approximate surface area is 138 Å². The molecule has 0 saturated carbocycles. The number of rotatable bonds is 8. The minimum Gasteiger partial charge on any atom is -0.457 e. The Balaban J connectivity index is 2.08. The smallest absolute Gasteiger partial charge is 0.136 e. The normalized spacial score (nSPS) is 10.7. The fraction of sp³-hybridized carbons (Fsp3) is 0.263. The van der Waals surface area contributed by atoms with E-state index in [9.17, 15) is 0 Å². The van der Waals surface area contributed by atoms with Gasteiger partial charge in [-0.1, -0.05) is 32.1 Å². The third-order valence-corrected chi connectivity index (χ3v) is 3.36. The summed E-state index contributed by atoms with van der Waals surface area (Å²) in [6.45, 7) is 7.09. The van der Waals surface area contributed by atoms with Crippen molar-refractivity contribution >= 4 is 12.0 Å². The summed E-state index contributed by atoms with van der Waals surface area (Å²) in [5.41, 5.74) is 1.78. The highest BCUT2D eigenvalue weighted by molar-refractivity contribution is 5.84. The molecule has 0 bridgehead atoms. The molecule has 0 radical (unpaired) electrons. The van der Waals surface area contributed by atoms with Crippen LogP contribution in [0, 0.1) is 0 Å². The average molecular weight is 309 g/mol. The van der Waals surface area contributed by atoms with Crippen LogP contribution in [0.15, 0.2) is 60.5 Å². The van der Waals surface area contributed by atoms with Gasteiger partial charge >= 0.3 is 0 Å². The van der Waals surface area contributed by atoms with Gasteiger partial charge in [-0.25, -0.2) is 0 Å². The van der Waals surface area contributed by atoms with Crippen LogP contribution in [0.1, 0.15) is 30.9 Å². The van der Waals surface area contributed by atoms with Crippen molar-refractivity contribution in [3.63, 3.8) is 0 Å². The maximum Gasteiger partial charge on any atom is 0.136 e. The van der Waals surface area contributed by atoms with Crippen LogP contribution in [0.2, 0.25) is 0 Å². The van der Waals surface area contributed by atoms with Crippen LogP contribution in [-0.4, -0.2) is 29.8 Å². The molecule has 2 aromatic rings. The Hall–Kier alpha value is -2.62. The van der Waals surface area contributed by atoms with Gasteiger partial charge < -0.3 is 9.75 Å². The van der Waals surface area contributed by atoms with Crippen molar-refractivity contribution in [1.82, 2.24) is 9.99 Å². The molecule has 0 aliphatic rings. The molecule has 2 rings (SSSR count). The molecule has 0 unspecified atom stereocenters. The highest BCUT2D eigenvalue weighted by Crippen LogP contribution is 2.22. The fourth-order valence-electron chi connectivity index (χ4n) is 2.00. The Morgan fingerprint density at radius 1 is 1.30 bits per heavy atom. The van der Waals surface area contributed by atoms with Gasteiger partial charge in [0.05, 0.1) is 6.21 Å². The lowest BCUT2D eigenvalue weighted by Gasteiger charge is -2.13. The zero-order valence-electron chi connectivity index (χ0n) is 13.8. The molecule has 0 aliphatic heterocycles. The monoisotopic (exact) mass is 309 g/mol. The number of unbranched alkanes of at least 4 members (excludes halogenated alkanes) is 1. The molecule has 0 saturated heterocycles. The molecule has 0 amide bonds. The van der Waals surface area contributed by atoms with Gasteiger partial charge in [-0.3, -0.25) is 4.98 Å². The maximum atomic E-state index is 5.90. The van der Waals surface area contributed by atoms with Gasteiger partial charge in [0.1, 0.15) is 11.5 Å². The minimum atomic E-state index is 0.568. The molecule has 4 nitrogen and oxygen atoms in total. The number of para-hydroxylation sites is 1. The van der Waals surface area contributed by atoms with Crippen LogP contribution in [0.25, 0.3) is 5.76 Å². The van der Waals surface area contributed by atoms with Gasteiger partial charge in [-0.15, -0.1) is 0 Å². The molecule has 1 aromatic heterocycles. The number of hydrogen-bond acceptors (Lipinski definition) is 4. The van der Waals surface area contributed by atoms with E-state index in [0.29, 0.717) is 5.76 Å². The van der Waals surface area contributed by atoms with Gasteiger partial charge in [0.15, 0.2) is 0 Å². The van der Waals surface area contributed by atoms with Gasteiger partial charge in [-0.2, -0.15) is 5.10 Å². The molecule has 1 aromatic carbocycles. The van der Waals surface area contributed by atoms with Crippen LogP contribution in [0.4, 0.5) is 0 Å². The van der Waals surface area contributed by atoms with E-state index in [-0.39, 0.29) is 0 Å². The summed E-state index contributed by atoms with van der Waals surface area (Å²) in [7, 11) is 1.98. The molecule has 4 heteroatoms. The third-order valence-electron chi connectivity index (χ3n) is 3.36. The number of pyridine rings is 1. The van der Waals surface area contributed by atoms with Crippen molar-refractivity contribution in [3.05, 3.63) is 66.5 Å². The first kappa shape index (κ1) is 16.7. The summed E-state index contributed by atoms with van der Waals surface area (Å²) in [5.74, 6) is 1.30. The molecule has 0 fully saturated rings. The van der Waals surface area contributed by atoms with Crippen molar-refractivity contribution in [2.75, 3.05) is 13.6 Å². The lowest BCUT2D eigenvalue weighted by molar-refractivity contribution is 0.348. The lowest BCUT2D eigenvalue weighted by atomic mass is 10.2. The van der Waals surface area contributed by atoms with Gasteiger partial charge in [0.25, 0.3) is 0 Å². The van der Waals surface area contributed by atoms with E-state index in [4.69, 9.17) is 4.74 Å². The standard InChI is InChI=1S/C19H23N3O/c1-4-5-13-22(3)21-15-18-9-6-7-11-19(18)23-16(2)17-10-8-12-20-14-17/h6-12,14-15H,2,4-5,13H2,1,3H3. The molecular formula is C19H23N3O. The summed E-state index contributed by atoms with van der Waals surface area (Å²) in [4.78, 5) is 4.08. The minimum absolute atomic E-state index is 0.568. The zero-order valence-corrected chi connectivity index (χ0v) is 13.8. The first-order valence-corrected chi connectivity index (χ1v) is 7.82. The van der Waals surface area contributed by atoms with Gasteiger partial charge in [0, 0.05) is 37.1 Å². The van der Waals surface area contributed by atoms with Crippen LogP contribution in [-0.2, 0) is 0 Å². The molecule has 0 spiro atoms. The van der Waals surface area contributed by atoms with E-state index in [0.717, 1.165) is 36.3 Å². The van der Waals surface area contributed by atoms with Crippen LogP contribution in [0.5, 0.6) is 5.75 Å². The molecule has 23 heavy (non-hydrogen) atoms. The second-order valence-corrected chi connectivity index (χ2v) is 5.28. The molecule has 0 atom stereocenters. The number of hydrazone groups is 1. The van der Waals surface area contributed by atoms with Crippen LogP contribution < -0.4 is 4.74 Å². The molecule has 0 N–H and O–H groups in total. The maximum absolute atomic E-state index is 5.90. The second kappa shape index (κ2) is 8.73. The molecular weight excluding hydrogens is 286 g/mol. The Morgan fingerprint density at radius 2 is 2.13 bits per heavy atom. The third kappa shape index (κ3) is 5.25. The molecule has 0 aliphatic carbocycles. The van der Waals surface area contributed by atoms with Gasteiger partial charge in [0.2, 0.25) is 0 Å². The van der Waals surface area contributed by atoms with E-state index in [1.165, 1.54) is 0 Å².